The van der Waals surface area contributed by atoms with E-state index < -0.39 is 0 Å². The second kappa shape index (κ2) is 4.32. The number of aromatic nitrogens is 1. The van der Waals surface area contributed by atoms with Crippen LogP contribution in [0.3, 0.4) is 0 Å². The molecule has 0 aromatic carbocycles. The van der Waals surface area contributed by atoms with Gasteiger partial charge in [-0.3, -0.25) is 0 Å². The Bertz CT molecular complexity index is 381. The minimum Gasteiger partial charge on any atom is -0.244 e. The van der Waals surface area contributed by atoms with Crippen LogP contribution >= 0.6 is 11.3 Å². The highest BCUT2D eigenvalue weighted by atomic mass is 32.1. The topological polar surface area (TPSA) is 36.7 Å². The molecule has 80 valence electrons. The Morgan fingerprint density at radius 3 is 2.60 bits per heavy atom. The third kappa shape index (κ3) is 2.05. The number of hydrogen-bond donors (Lipinski definition) is 0. The van der Waals surface area contributed by atoms with Crippen molar-refractivity contribution in [2.45, 2.75) is 51.4 Å². The molecule has 2 rings (SSSR count). The molecule has 0 N–H and O–H groups in total. The number of hydrogen-bond acceptors (Lipinski definition) is 3. The Balaban J connectivity index is 2.30. The molecular weight excluding hydrogens is 204 g/mol. The van der Waals surface area contributed by atoms with E-state index in [1.54, 1.807) is 11.3 Å². The molecule has 15 heavy (non-hydrogen) atoms. The third-order valence-corrected chi connectivity index (χ3v) is 4.21. The van der Waals surface area contributed by atoms with E-state index >= 15 is 0 Å². The van der Waals surface area contributed by atoms with Crippen molar-refractivity contribution in [1.29, 1.82) is 5.26 Å². The highest BCUT2D eigenvalue weighted by molar-refractivity contribution is 7.12. The normalized spacial score (nSPS) is 15.6. The summed E-state index contributed by atoms with van der Waals surface area (Å²) in [4.78, 5) is 5.54. The minimum absolute atomic E-state index is 0.551. The first kappa shape index (κ1) is 10.6. The van der Waals surface area contributed by atoms with Crippen LogP contribution in [0.5, 0.6) is 0 Å². The van der Waals surface area contributed by atoms with Gasteiger partial charge >= 0.3 is 0 Å². The maximum atomic E-state index is 9.06. The maximum Gasteiger partial charge on any atom is 0.128 e. The summed E-state index contributed by atoms with van der Waals surface area (Å²) in [5.74, 6) is 1.15. The first-order valence-corrected chi connectivity index (χ1v) is 6.52. The number of rotatable bonds is 4. The van der Waals surface area contributed by atoms with E-state index in [0.717, 1.165) is 23.4 Å². The summed E-state index contributed by atoms with van der Waals surface area (Å²) in [6.07, 6.45) is 4.69. The van der Waals surface area contributed by atoms with Crippen molar-refractivity contribution in [3.63, 3.8) is 0 Å². The van der Waals surface area contributed by atoms with E-state index in [9.17, 15) is 0 Å². The summed E-state index contributed by atoms with van der Waals surface area (Å²) in [7, 11) is 0. The lowest BCUT2D eigenvalue weighted by Gasteiger charge is -2.06. The zero-order valence-electron chi connectivity index (χ0n) is 9.29. The van der Waals surface area contributed by atoms with Crippen molar-refractivity contribution in [1.82, 2.24) is 4.98 Å². The predicted molar refractivity (Wildman–Crippen MR) is 62.1 cm³/mol. The molecule has 0 radical (unpaired) electrons. The molecule has 0 saturated heterocycles. The molecule has 1 fully saturated rings. The lowest BCUT2D eigenvalue weighted by Crippen LogP contribution is -1.94. The van der Waals surface area contributed by atoms with Gasteiger partial charge in [0, 0.05) is 11.8 Å². The smallest absolute Gasteiger partial charge is 0.128 e. The van der Waals surface area contributed by atoms with Gasteiger partial charge in [0.2, 0.25) is 0 Å². The summed E-state index contributed by atoms with van der Waals surface area (Å²) in [5, 5.41) is 10.2. The molecule has 0 bridgehead atoms. The predicted octanol–water partition coefficient (Wildman–Crippen LogP) is 3.80. The first-order chi connectivity index (χ1) is 7.30. The summed E-state index contributed by atoms with van der Waals surface area (Å²) in [6.45, 7) is 4.39. The van der Waals surface area contributed by atoms with Gasteiger partial charge in [-0.1, -0.05) is 13.8 Å². The van der Waals surface area contributed by atoms with Crippen LogP contribution in [0.2, 0.25) is 0 Å². The largest absolute Gasteiger partial charge is 0.244 e. The van der Waals surface area contributed by atoms with Crippen LogP contribution in [-0.2, 0) is 0 Å². The monoisotopic (exact) mass is 220 g/mol. The van der Waals surface area contributed by atoms with Gasteiger partial charge in [-0.15, -0.1) is 11.3 Å². The maximum absolute atomic E-state index is 9.06. The van der Waals surface area contributed by atoms with Gasteiger partial charge in [-0.25, -0.2) is 4.98 Å². The van der Waals surface area contributed by atoms with Gasteiger partial charge in [-0.2, -0.15) is 5.26 Å². The van der Waals surface area contributed by atoms with E-state index in [-0.39, 0.29) is 0 Å². The number of nitriles is 1. The van der Waals surface area contributed by atoms with Crippen LogP contribution in [0.1, 0.15) is 66.9 Å². The van der Waals surface area contributed by atoms with Gasteiger partial charge in [0.25, 0.3) is 0 Å². The summed E-state index contributed by atoms with van der Waals surface area (Å²) in [6, 6.07) is 2.30. The Labute approximate surface area is 95.0 Å². The van der Waals surface area contributed by atoms with Crippen molar-refractivity contribution in [2.75, 3.05) is 0 Å². The quantitative estimate of drug-likeness (QED) is 0.774. The minimum atomic E-state index is 0.551. The Morgan fingerprint density at radius 1 is 1.47 bits per heavy atom. The van der Waals surface area contributed by atoms with Crippen LogP contribution < -0.4 is 0 Å². The van der Waals surface area contributed by atoms with Gasteiger partial charge < -0.3 is 0 Å². The third-order valence-electron chi connectivity index (χ3n) is 3.07. The van der Waals surface area contributed by atoms with Crippen LogP contribution in [0.15, 0.2) is 0 Å². The molecule has 0 spiro atoms. The van der Waals surface area contributed by atoms with Gasteiger partial charge in [0.05, 0.1) is 10.7 Å². The first-order valence-electron chi connectivity index (χ1n) is 5.70. The van der Waals surface area contributed by atoms with Crippen molar-refractivity contribution >= 4 is 11.3 Å². The van der Waals surface area contributed by atoms with Crippen molar-refractivity contribution in [3.05, 3.63) is 15.6 Å². The summed E-state index contributed by atoms with van der Waals surface area (Å²) < 4.78 is 0. The highest BCUT2D eigenvalue weighted by Crippen LogP contribution is 2.43. The van der Waals surface area contributed by atoms with Gasteiger partial charge in [0.1, 0.15) is 10.9 Å². The molecule has 1 aromatic rings. The van der Waals surface area contributed by atoms with E-state index in [1.807, 2.05) is 0 Å². The van der Waals surface area contributed by atoms with Crippen molar-refractivity contribution in [3.8, 4) is 6.07 Å². The molecule has 0 aliphatic heterocycles. The zero-order valence-corrected chi connectivity index (χ0v) is 10.1. The highest BCUT2D eigenvalue weighted by Gasteiger charge is 2.30. The SMILES string of the molecule is CCC(CC)c1nc(C2CC2)c(C#N)s1. The molecule has 1 aliphatic carbocycles. The van der Waals surface area contributed by atoms with Crippen LogP contribution in [-0.4, -0.2) is 4.98 Å². The molecular formula is C12H16N2S. The molecule has 1 saturated carbocycles. The summed E-state index contributed by atoms with van der Waals surface area (Å²) in [5.41, 5.74) is 1.09. The average Bonchev–Trinajstić information content (AvgIpc) is 3.01. The van der Waals surface area contributed by atoms with Crippen LogP contribution in [0.4, 0.5) is 0 Å². The molecule has 1 aromatic heterocycles. The van der Waals surface area contributed by atoms with E-state index in [4.69, 9.17) is 5.26 Å². The van der Waals surface area contributed by atoms with Gasteiger partial charge in [0.15, 0.2) is 0 Å². The lowest BCUT2D eigenvalue weighted by molar-refractivity contribution is 0.635. The number of nitrogens with zero attached hydrogens (tertiary/aromatic N) is 2. The molecule has 0 unspecified atom stereocenters. The molecule has 0 amide bonds. The van der Waals surface area contributed by atoms with E-state index in [2.05, 4.69) is 24.9 Å². The fourth-order valence-corrected chi connectivity index (χ4v) is 3.09. The number of thiazole rings is 1. The Morgan fingerprint density at radius 2 is 2.13 bits per heavy atom. The summed E-state index contributed by atoms with van der Waals surface area (Å²) >= 11 is 1.61. The molecule has 0 atom stereocenters. The van der Waals surface area contributed by atoms with Crippen LogP contribution in [0, 0.1) is 11.3 Å². The van der Waals surface area contributed by atoms with Crippen molar-refractivity contribution in [2.24, 2.45) is 0 Å². The fourth-order valence-electron chi connectivity index (χ4n) is 1.88. The molecule has 1 heterocycles. The standard InChI is InChI=1S/C12H16N2S/c1-3-8(4-2)12-14-11(9-5-6-9)10(7-13)15-12/h8-9H,3-6H2,1-2H3. The van der Waals surface area contributed by atoms with E-state index in [0.29, 0.717) is 11.8 Å². The van der Waals surface area contributed by atoms with Gasteiger partial charge in [-0.05, 0) is 25.7 Å². The van der Waals surface area contributed by atoms with Crippen LogP contribution in [0.25, 0.3) is 0 Å². The molecule has 1 aliphatic rings. The second-order valence-corrected chi connectivity index (χ2v) is 5.20. The fraction of sp³-hybridized carbons (Fsp3) is 0.667. The van der Waals surface area contributed by atoms with E-state index in [1.165, 1.54) is 17.8 Å². The zero-order chi connectivity index (χ0) is 10.8. The lowest BCUT2D eigenvalue weighted by atomic mass is 10.1. The van der Waals surface area contributed by atoms with Crippen molar-refractivity contribution < 1.29 is 0 Å². The average molecular weight is 220 g/mol. The Hall–Kier alpha value is -0.880. The molecule has 3 heteroatoms. The second-order valence-electron chi connectivity index (χ2n) is 4.17. The molecule has 2 nitrogen and oxygen atoms in total. The Kier molecular flexibility index (Phi) is 3.06.